The number of aromatic nitrogens is 6. The molecule has 7 rings (SSSR count). The van der Waals surface area contributed by atoms with Gasteiger partial charge in [0.25, 0.3) is 11.4 Å². The molecular formula is C52H54ClF10N7O6+4. The number of alkyl halides is 7. The zero-order valence-electron chi connectivity index (χ0n) is 41.2. The summed E-state index contributed by atoms with van der Waals surface area (Å²) < 4.78 is 177. The molecule has 0 saturated heterocycles. The van der Waals surface area contributed by atoms with Crippen LogP contribution in [0.5, 0.6) is 0 Å². The van der Waals surface area contributed by atoms with Crippen molar-refractivity contribution in [2.45, 2.75) is 63.5 Å². The summed E-state index contributed by atoms with van der Waals surface area (Å²) in [6.45, 7) is 4.88. The van der Waals surface area contributed by atoms with Crippen molar-refractivity contribution >= 4 is 17.5 Å². The quantitative estimate of drug-likeness (QED) is 0.0195. The monoisotopic (exact) mass is 1100 g/mol. The fourth-order valence-corrected chi connectivity index (χ4v) is 9.00. The van der Waals surface area contributed by atoms with Crippen LogP contribution in [0.2, 0.25) is 0 Å². The van der Waals surface area contributed by atoms with E-state index >= 15 is 17.6 Å². The van der Waals surface area contributed by atoms with Gasteiger partial charge >= 0.3 is 29.7 Å². The Kier molecular flexibility index (Phi) is 19.0. The van der Waals surface area contributed by atoms with Gasteiger partial charge in [-0.05, 0) is 64.1 Å². The molecule has 1 amide bonds. The largest absolute Gasteiger partial charge is 0.423 e. The summed E-state index contributed by atoms with van der Waals surface area (Å²) in [4.78, 5) is 20.9. The summed E-state index contributed by atoms with van der Waals surface area (Å²) in [5.74, 6) is -6.99. The van der Waals surface area contributed by atoms with Gasteiger partial charge in [0, 0.05) is 61.9 Å². The molecule has 406 valence electrons. The van der Waals surface area contributed by atoms with Gasteiger partial charge in [0.15, 0.2) is 31.0 Å². The van der Waals surface area contributed by atoms with Crippen molar-refractivity contribution in [1.29, 1.82) is 0 Å². The average molecular weight is 1100 g/mol. The van der Waals surface area contributed by atoms with Gasteiger partial charge in [-0.25, -0.2) is 17.6 Å². The van der Waals surface area contributed by atoms with Gasteiger partial charge < -0.3 is 29.5 Å². The Balaban J connectivity index is 1.21. The Morgan fingerprint density at radius 2 is 1.22 bits per heavy atom. The summed E-state index contributed by atoms with van der Waals surface area (Å²) in [5, 5.41) is 13.9. The Morgan fingerprint density at radius 3 is 1.82 bits per heavy atom. The summed E-state index contributed by atoms with van der Waals surface area (Å²) >= 11 is 5.68. The number of aryl methyl sites for hydroxylation is 3. The van der Waals surface area contributed by atoms with Crippen LogP contribution in [-0.2, 0) is 55.2 Å². The van der Waals surface area contributed by atoms with Gasteiger partial charge in [0.05, 0.1) is 57.4 Å². The number of unbranched alkanes of at least 4 members (excludes halogenated alkanes) is 3. The van der Waals surface area contributed by atoms with E-state index in [2.05, 4.69) is 15.3 Å². The third kappa shape index (κ3) is 13.2. The third-order valence-electron chi connectivity index (χ3n) is 12.4. The number of ether oxygens (including phenoxy) is 4. The predicted octanol–water partition coefficient (Wildman–Crippen LogP) is 7.83. The molecule has 24 heteroatoms. The normalized spacial score (nSPS) is 14.3. The smallest absolute Gasteiger partial charge is 0.379 e. The van der Waals surface area contributed by atoms with E-state index in [1.165, 1.54) is 22.9 Å². The minimum Gasteiger partial charge on any atom is -0.379 e. The number of nitrogens with one attached hydrogen (secondary N) is 1. The van der Waals surface area contributed by atoms with Crippen LogP contribution in [-0.4, -0.2) is 86.4 Å². The number of halogens is 11. The van der Waals surface area contributed by atoms with Crippen molar-refractivity contribution in [3.63, 3.8) is 0 Å². The zero-order chi connectivity index (χ0) is 54.8. The van der Waals surface area contributed by atoms with Crippen molar-refractivity contribution in [2.24, 2.45) is 7.05 Å². The molecule has 0 bridgehead atoms. The number of amides is 1. The van der Waals surface area contributed by atoms with Crippen LogP contribution in [0.3, 0.4) is 0 Å². The molecule has 76 heavy (non-hydrogen) atoms. The third-order valence-corrected chi connectivity index (χ3v) is 12.6. The predicted molar refractivity (Wildman–Crippen MR) is 250 cm³/mol. The van der Waals surface area contributed by atoms with Gasteiger partial charge in [0.2, 0.25) is 5.91 Å². The molecule has 0 aliphatic carbocycles. The van der Waals surface area contributed by atoms with E-state index in [0.717, 1.165) is 36.3 Å². The van der Waals surface area contributed by atoms with E-state index in [1.807, 2.05) is 0 Å². The number of benzene rings is 2. The molecule has 13 nitrogen and oxygen atoms in total. The summed E-state index contributed by atoms with van der Waals surface area (Å²) in [7, 11) is 1.60. The van der Waals surface area contributed by atoms with Crippen LogP contribution >= 0.6 is 11.6 Å². The van der Waals surface area contributed by atoms with Gasteiger partial charge in [-0.3, -0.25) is 4.79 Å². The molecule has 1 aliphatic heterocycles. The topological polar surface area (TPSA) is 128 Å². The average Bonchev–Trinajstić information content (AvgIpc) is 3.84. The van der Waals surface area contributed by atoms with Crippen LogP contribution in [0, 0.1) is 30.2 Å². The van der Waals surface area contributed by atoms with Crippen molar-refractivity contribution in [3.05, 3.63) is 142 Å². The lowest BCUT2D eigenvalue weighted by Gasteiger charge is -2.27. The highest BCUT2D eigenvalue weighted by Crippen LogP contribution is 2.46. The maximum Gasteiger partial charge on any atom is 0.423 e. The van der Waals surface area contributed by atoms with E-state index in [1.54, 1.807) is 36.9 Å². The number of hydrogen-bond donors (Lipinski definition) is 2. The van der Waals surface area contributed by atoms with Crippen molar-refractivity contribution in [2.75, 3.05) is 65.3 Å². The number of rotatable bonds is 25. The second-order valence-electron chi connectivity index (χ2n) is 17.7. The van der Waals surface area contributed by atoms with Crippen LogP contribution < -0.4 is 23.7 Å². The molecule has 0 fully saturated rings. The highest BCUT2D eigenvalue weighted by Gasteiger charge is 2.64. The lowest BCUT2D eigenvalue weighted by atomic mass is 9.85. The van der Waals surface area contributed by atoms with Crippen LogP contribution in [0.15, 0.2) is 85.7 Å². The van der Waals surface area contributed by atoms with Crippen LogP contribution in [0.4, 0.5) is 43.9 Å². The molecule has 5 heterocycles. The number of hydrogen-bond acceptors (Lipinski definition) is 8. The molecule has 0 radical (unpaired) electrons. The van der Waals surface area contributed by atoms with E-state index in [9.17, 15) is 36.3 Å². The van der Waals surface area contributed by atoms with Gasteiger partial charge in [-0.15, -0.1) is 16.2 Å². The van der Waals surface area contributed by atoms with E-state index < -0.39 is 92.2 Å². The molecular weight excluding hydrogens is 1040 g/mol. The summed E-state index contributed by atoms with van der Waals surface area (Å²) in [6.07, 6.45) is -2.09. The maximum absolute atomic E-state index is 16.8. The van der Waals surface area contributed by atoms with Gasteiger partial charge in [0.1, 0.15) is 58.8 Å². The summed E-state index contributed by atoms with van der Waals surface area (Å²) in [5.41, 5.74) is -7.43. The highest BCUT2D eigenvalue weighted by molar-refractivity contribution is 6.17. The lowest BCUT2D eigenvalue weighted by Crippen LogP contribution is -2.74. The van der Waals surface area contributed by atoms with E-state index in [4.69, 9.17) is 30.5 Å². The molecule has 0 unspecified atom stereocenters. The molecule has 6 aromatic rings. The van der Waals surface area contributed by atoms with Crippen molar-refractivity contribution in [1.82, 2.24) is 15.3 Å². The van der Waals surface area contributed by atoms with Gasteiger partial charge in [-0.2, -0.15) is 35.5 Å². The minimum absolute atomic E-state index is 0.0154. The first-order valence-corrected chi connectivity index (χ1v) is 24.6. The fraction of sp³-hybridized carbons (Fsp3) is 0.404. The maximum atomic E-state index is 16.8. The molecule has 2 aromatic carbocycles. The molecule has 1 atom stereocenters. The van der Waals surface area contributed by atoms with E-state index in [-0.39, 0.29) is 73.8 Å². The Hall–Kier alpha value is -6.40. The second kappa shape index (κ2) is 25.2. The van der Waals surface area contributed by atoms with Crippen molar-refractivity contribution in [3.8, 4) is 34.2 Å². The first-order chi connectivity index (χ1) is 36.2. The lowest BCUT2D eigenvalue weighted by molar-refractivity contribution is -0.961. The second-order valence-corrected chi connectivity index (χ2v) is 18.1. The fourth-order valence-electron chi connectivity index (χ4n) is 8.81. The highest BCUT2D eigenvalue weighted by atomic mass is 35.5. The molecule has 0 saturated carbocycles. The first kappa shape index (κ1) is 57.3. The summed E-state index contributed by atoms with van der Waals surface area (Å²) in [6, 6.07) is 8.36. The van der Waals surface area contributed by atoms with E-state index in [0.29, 0.717) is 74.6 Å². The standard InChI is InChI=1S/C52H53ClF10N7O6/c1-33-9-13-67(2)43(23-33)44-24-34(7-8-45(71)64-12-16-74-18-20-76-22-21-75-19-17-73-15-6-4-3-5-11-53)10-14-68(44)50(39-25-37(54)27-41(56)46(39)48-65-29-35(31-69(48)50)51(58,59)60)40-26-38(55)28-42(57)47(40)49-66-30-36(32-70(49)72)52(61,62)63/h9-10,13-14,23-32H,3-8,11-12,15-22H2,1-2H3,(H-,64,71,72)/q+3/p+1/t50-/m1/s1. The zero-order valence-corrected chi connectivity index (χ0v) is 42.0. The van der Waals surface area contributed by atoms with Crippen LogP contribution in [0.1, 0.15) is 65.5 Å². The number of carbonyl (C=O) groups excluding carboxylic acids is 1. The molecule has 0 spiro atoms. The molecule has 4 aromatic heterocycles. The van der Waals surface area contributed by atoms with Gasteiger partial charge in [-0.1, -0.05) is 12.8 Å². The molecule has 2 N–H and O–H groups in total. The number of fused-ring (bicyclic) bond motifs is 3. The SMILES string of the molecule is Cc1cc[n+](C)c(-c2cc(CCC(=O)NCCOCCOCCOCCOCCCCCCCl)cc[n+]2[C@]2(c3cc(F)cc(F)c3-c3ncc(C(F)(F)F)c[n+]3O)c3cc(F)cc(F)c3-c3ncc(C(F)(F)F)c[n+]32)c1. The number of pyridine rings is 2. The Morgan fingerprint density at radius 1 is 0.671 bits per heavy atom. The number of nitrogens with zero attached hydrogens (tertiary/aromatic N) is 6. The molecule has 1 aliphatic rings. The first-order valence-electron chi connectivity index (χ1n) is 24.1. The minimum atomic E-state index is -5.17. The van der Waals surface area contributed by atoms with Crippen molar-refractivity contribution < 1.29 is 91.3 Å². The number of carbonyl (C=O) groups is 1. The Bertz CT molecular complexity index is 3020. The van der Waals surface area contributed by atoms with Crippen LogP contribution in [0.25, 0.3) is 34.2 Å². The Labute approximate surface area is 435 Å².